The fraction of sp³-hybridized carbons (Fsp3) is 0.333. The second-order valence-corrected chi connectivity index (χ2v) is 6.08. The molecule has 0 fully saturated rings. The molecule has 0 radical (unpaired) electrons. The van der Waals surface area contributed by atoms with Gasteiger partial charge >= 0.3 is 12.1 Å². The van der Waals surface area contributed by atoms with Crippen LogP contribution in [-0.2, 0) is 26.9 Å². The molecule has 0 unspecified atom stereocenters. The monoisotopic (exact) mass is 425 g/mol. The van der Waals surface area contributed by atoms with E-state index in [1.807, 2.05) is 13.8 Å². The van der Waals surface area contributed by atoms with Gasteiger partial charge in [0.15, 0.2) is 18.1 Å². The highest BCUT2D eigenvalue weighted by Gasteiger charge is 2.33. The Balaban J connectivity index is 1.94. The van der Waals surface area contributed by atoms with Crippen molar-refractivity contribution in [1.29, 1.82) is 0 Å². The first-order chi connectivity index (χ1) is 14.2. The third kappa shape index (κ3) is 6.68. The summed E-state index contributed by atoms with van der Waals surface area (Å²) in [6, 6.07) is 9.51. The Labute approximate surface area is 171 Å². The normalized spacial score (nSPS) is 11.0. The van der Waals surface area contributed by atoms with E-state index in [2.05, 4.69) is 5.32 Å². The molecule has 162 valence electrons. The average Bonchev–Trinajstić information content (AvgIpc) is 2.68. The molecule has 0 atom stereocenters. The molecule has 1 amide bonds. The number of hydrogen-bond donors (Lipinski definition) is 1. The Morgan fingerprint density at radius 2 is 1.63 bits per heavy atom. The van der Waals surface area contributed by atoms with Crippen molar-refractivity contribution in [3.8, 4) is 11.5 Å². The zero-order valence-corrected chi connectivity index (χ0v) is 16.5. The fourth-order valence-corrected chi connectivity index (χ4v) is 2.59. The lowest BCUT2D eigenvalue weighted by atomic mass is 10.1. The highest BCUT2D eigenvalue weighted by molar-refractivity contribution is 5.93. The van der Waals surface area contributed by atoms with E-state index >= 15 is 0 Å². The maximum atomic E-state index is 13.0. The molecule has 2 aromatic carbocycles. The molecule has 0 saturated carbocycles. The number of carbonyl (C=O) groups excluding carboxylic acids is 2. The van der Waals surface area contributed by atoms with Gasteiger partial charge in [0.1, 0.15) is 0 Å². The van der Waals surface area contributed by atoms with Gasteiger partial charge in [0.25, 0.3) is 5.91 Å². The molecular formula is C21H22F3NO5. The number of para-hydroxylation sites is 1. The van der Waals surface area contributed by atoms with E-state index in [4.69, 9.17) is 14.2 Å². The van der Waals surface area contributed by atoms with E-state index < -0.39 is 35.9 Å². The topological polar surface area (TPSA) is 73.9 Å². The first-order valence-electron chi connectivity index (χ1n) is 9.24. The van der Waals surface area contributed by atoms with Gasteiger partial charge in [-0.25, -0.2) is 0 Å². The lowest BCUT2D eigenvalue weighted by molar-refractivity contribution is -0.146. The van der Waals surface area contributed by atoms with E-state index in [1.165, 1.54) is 12.1 Å². The van der Waals surface area contributed by atoms with Gasteiger partial charge in [-0.3, -0.25) is 9.59 Å². The van der Waals surface area contributed by atoms with Crippen LogP contribution in [0, 0.1) is 0 Å². The van der Waals surface area contributed by atoms with Crippen molar-refractivity contribution in [2.75, 3.05) is 25.1 Å². The molecule has 0 aromatic heterocycles. The third-order valence-electron chi connectivity index (χ3n) is 3.83. The van der Waals surface area contributed by atoms with Gasteiger partial charge in [-0.15, -0.1) is 0 Å². The second-order valence-electron chi connectivity index (χ2n) is 6.08. The number of ether oxygens (including phenoxy) is 3. The van der Waals surface area contributed by atoms with Crippen LogP contribution in [0.5, 0.6) is 11.5 Å². The molecule has 0 heterocycles. The van der Waals surface area contributed by atoms with Crippen LogP contribution in [0.25, 0.3) is 0 Å². The number of hydrogen-bond acceptors (Lipinski definition) is 5. The summed E-state index contributed by atoms with van der Waals surface area (Å²) in [5, 5.41) is 2.11. The Bertz CT molecular complexity index is 883. The first kappa shape index (κ1) is 23.1. The van der Waals surface area contributed by atoms with Gasteiger partial charge in [-0.2, -0.15) is 13.2 Å². The summed E-state index contributed by atoms with van der Waals surface area (Å²) in [6.07, 6.45) is -4.76. The summed E-state index contributed by atoms with van der Waals surface area (Å²) in [5.41, 5.74) is -0.809. The van der Waals surface area contributed by atoms with Crippen LogP contribution in [0.2, 0.25) is 0 Å². The minimum absolute atomic E-state index is 0.140. The standard InChI is InChI=1S/C21H22F3NO5/c1-3-28-17-10-9-14(11-18(17)29-4-2)12-20(27)30-13-19(26)25-16-8-6-5-7-15(16)21(22,23)24/h5-11H,3-4,12-13H2,1-2H3,(H,25,26). The molecule has 0 aliphatic heterocycles. The second kappa shape index (κ2) is 10.5. The summed E-state index contributed by atoms with van der Waals surface area (Å²) < 4.78 is 54.7. The van der Waals surface area contributed by atoms with Crippen molar-refractivity contribution < 1.29 is 37.0 Å². The number of nitrogens with one attached hydrogen (secondary N) is 1. The first-order valence-corrected chi connectivity index (χ1v) is 9.24. The fourth-order valence-electron chi connectivity index (χ4n) is 2.59. The number of anilines is 1. The SMILES string of the molecule is CCOc1ccc(CC(=O)OCC(=O)Nc2ccccc2C(F)(F)F)cc1OCC. The lowest BCUT2D eigenvalue weighted by Gasteiger charge is -2.14. The van der Waals surface area contributed by atoms with E-state index in [0.717, 1.165) is 12.1 Å². The molecule has 1 N–H and O–H groups in total. The highest BCUT2D eigenvalue weighted by atomic mass is 19.4. The minimum atomic E-state index is -4.62. The van der Waals surface area contributed by atoms with Gasteiger partial charge < -0.3 is 19.5 Å². The van der Waals surface area contributed by atoms with Crippen LogP contribution in [0.3, 0.4) is 0 Å². The van der Waals surface area contributed by atoms with Gasteiger partial charge in [-0.1, -0.05) is 18.2 Å². The molecule has 0 aliphatic rings. The molecule has 9 heteroatoms. The van der Waals surface area contributed by atoms with Gasteiger partial charge in [0, 0.05) is 0 Å². The third-order valence-corrected chi connectivity index (χ3v) is 3.83. The van der Waals surface area contributed by atoms with Crippen molar-refractivity contribution in [2.45, 2.75) is 26.4 Å². The average molecular weight is 425 g/mol. The molecule has 30 heavy (non-hydrogen) atoms. The summed E-state index contributed by atoms with van der Waals surface area (Å²) >= 11 is 0. The number of esters is 1. The van der Waals surface area contributed by atoms with Crippen LogP contribution < -0.4 is 14.8 Å². The molecule has 0 saturated heterocycles. The van der Waals surface area contributed by atoms with Crippen molar-refractivity contribution in [3.63, 3.8) is 0 Å². The van der Waals surface area contributed by atoms with Crippen LogP contribution in [0.1, 0.15) is 25.0 Å². The summed E-state index contributed by atoms with van der Waals surface area (Å²) in [5.74, 6) is -0.562. The predicted octanol–water partition coefficient (Wildman–Crippen LogP) is 4.23. The van der Waals surface area contributed by atoms with E-state index in [-0.39, 0.29) is 6.42 Å². The molecule has 0 aliphatic carbocycles. The number of rotatable bonds is 9. The van der Waals surface area contributed by atoms with Crippen molar-refractivity contribution in [3.05, 3.63) is 53.6 Å². The molecule has 2 rings (SSSR count). The summed E-state index contributed by atoms with van der Waals surface area (Å²) in [7, 11) is 0. The van der Waals surface area contributed by atoms with Crippen molar-refractivity contribution >= 4 is 17.6 Å². The summed E-state index contributed by atoms with van der Waals surface area (Å²) in [4.78, 5) is 23.9. The Morgan fingerprint density at radius 3 is 2.30 bits per heavy atom. The number of carbonyl (C=O) groups is 2. The molecule has 6 nitrogen and oxygen atoms in total. The molecule has 0 spiro atoms. The van der Waals surface area contributed by atoms with E-state index in [1.54, 1.807) is 18.2 Å². The number of halogens is 3. The zero-order valence-electron chi connectivity index (χ0n) is 16.5. The van der Waals surface area contributed by atoms with Crippen LogP contribution in [0.4, 0.5) is 18.9 Å². The largest absolute Gasteiger partial charge is 0.490 e. The van der Waals surface area contributed by atoms with Crippen molar-refractivity contribution in [1.82, 2.24) is 0 Å². The summed E-state index contributed by atoms with van der Waals surface area (Å²) in [6.45, 7) is 3.80. The number of alkyl halides is 3. The number of amides is 1. The quantitative estimate of drug-likeness (QED) is 0.609. The van der Waals surface area contributed by atoms with Crippen LogP contribution in [0.15, 0.2) is 42.5 Å². The Morgan fingerprint density at radius 1 is 0.967 bits per heavy atom. The van der Waals surface area contributed by atoms with Crippen LogP contribution in [-0.4, -0.2) is 31.7 Å². The lowest BCUT2D eigenvalue weighted by Crippen LogP contribution is -2.23. The smallest absolute Gasteiger partial charge is 0.418 e. The van der Waals surface area contributed by atoms with Gasteiger partial charge in [0.2, 0.25) is 0 Å². The minimum Gasteiger partial charge on any atom is -0.490 e. The molecular weight excluding hydrogens is 403 g/mol. The Hall–Kier alpha value is -3.23. The molecule has 0 bridgehead atoms. The van der Waals surface area contributed by atoms with Gasteiger partial charge in [-0.05, 0) is 43.7 Å². The van der Waals surface area contributed by atoms with E-state index in [9.17, 15) is 22.8 Å². The molecule has 2 aromatic rings. The van der Waals surface area contributed by atoms with Crippen LogP contribution >= 0.6 is 0 Å². The maximum absolute atomic E-state index is 13.0. The highest BCUT2D eigenvalue weighted by Crippen LogP contribution is 2.34. The van der Waals surface area contributed by atoms with E-state index in [0.29, 0.717) is 30.3 Å². The maximum Gasteiger partial charge on any atom is 0.418 e. The predicted molar refractivity (Wildman–Crippen MR) is 104 cm³/mol. The number of benzene rings is 2. The van der Waals surface area contributed by atoms with Gasteiger partial charge in [0.05, 0.1) is 30.9 Å². The zero-order chi connectivity index (χ0) is 22.1. The van der Waals surface area contributed by atoms with Crippen molar-refractivity contribution in [2.24, 2.45) is 0 Å². The Kier molecular flexibility index (Phi) is 8.08.